The van der Waals surface area contributed by atoms with Gasteiger partial charge in [0, 0.05) is 30.2 Å². The zero-order valence-electron chi connectivity index (χ0n) is 15.9. The molecule has 146 valence electrons. The molecule has 1 aromatic heterocycles. The maximum atomic E-state index is 6.24. The maximum Gasteiger partial charge on any atom is 0.224 e. The fraction of sp³-hybridized carbons (Fsp3) is 0.333. The summed E-state index contributed by atoms with van der Waals surface area (Å²) in [5, 5.41) is 4.83. The Morgan fingerprint density at radius 1 is 1.18 bits per heavy atom. The summed E-state index contributed by atoms with van der Waals surface area (Å²) >= 11 is 8.52. The Morgan fingerprint density at radius 3 is 2.57 bits per heavy atom. The minimum atomic E-state index is 0.265. The van der Waals surface area contributed by atoms with Crippen LogP contribution in [0, 0.1) is 10.5 Å². The summed E-state index contributed by atoms with van der Waals surface area (Å²) in [7, 11) is 1.69. The van der Waals surface area contributed by atoms with Gasteiger partial charge in [0.2, 0.25) is 5.28 Å². The van der Waals surface area contributed by atoms with Crippen LogP contribution in [0.5, 0.6) is 5.75 Å². The first kappa shape index (κ1) is 19.5. The summed E-state index contributed by atoms with van der Waals surface area (Å²) < 4.78 is 6.59. The summed E-state index contributed by atoms with van der Waals surface area (Å²) in [5.74, 6) is 1.62. The highest BCUT2D eigenvalue weighted by atomic mass is 127. The Bertz CT molecular complexity index is 991. The monoisotopic (exact) mass is 508 g/mol. The standard InChI is InChI=1S/C21H22ClIN4O/c1-13-18(23)17(28-2)12-16-19(13)25-21(22)26-20(16)24-14-8-10-27(11-9-14)15-6-4-3-5-7-15/h3-7,12,14H,8-11H2,1-2H3,(H,24,25,26). The topological polar surface area (TPSA) is 50.3 Å². The van der Waals surface area contributed by atoms with Gasteiger partial charge in [-0.25, -0.2) is 9.97 Å². The van der Waals surface area contributed by atoms with E-state index in [4.69, 9.17) is 16.3 Å². The minimum absolute atomic E-state index is 0.265. The van der Waals surface area contributed by atoms with Crippen molar-refractivity contribution >= 4 is 56.6 Å². The number of piperidine rings is 1. The Labute approximate surface area is 183 Å². The van der Waals surface area contributed by atoms with E-state index in [1.54, 1.807) is 7.11 Å². The number of anilines is 2. The van der Waals surface area contributed by atoms with Crippen LogP contribution in [0.2, 0.25) is 5.28 Å². The third kappa shape index (κ3) is 3.85. The molecular formula is C21H22ClIN4O. The molecule has 5 nitrogen and oxygen atoms in total. The number of nitrogens with one attached hydrogen (secondary N) is 1. The summed E-state index contributed by atoms with van der Waals surface area (Å²) in [5.41, 5.74) is 3.21. The van der Waals surface area contributed by atoms with Gasteiger partial charge < -0.3 is 15.0 Å². The van der Waals surface area contributed by atoms with Crippen molar-refractivity contribution in [3.8, 4) is 5.75 Å². The highest BCUT2D eigenvalue weighted by Gasteiger charge is 2.22. The molecule has 2 heterocycles. The fourth-order valence-electron chi connectivity index (χ4n) is 3.72. The quantitative estimate of drug-likeness (QED) is 0.384. The van der Waals surface area contributed by atoms with Gasteiger partial charge in [-0.15, -0.1) is 0 Å². The molecule has 4 rings (SSSR count). The first-order valence-electron chi connectivity index (χ1n) is 9.33. The van der Waals surface area contributed by atoms with Crippen LogP contribution in [0.1, 0.15) is 18.4 Å². The van der Waals surface area contributed by atoms with Gasteiger partial charge in [0.1, 0.15) is 11.6 Å². The zero-order chi connectivity index (χ0) is 19.7. The lowest BCUT2D eigenvalue weighted by Gasteiger charge is -2.34. The van der Waals surface area contributed by atoms with E-state index in [2.05, 4.69) is 73.1 Å². The normalized spacial score (nSPS) is 15.1. The maximum absolute atomic E-state index is 6.24. The highest BCUT2D eigenvalue weighted by Crippen LogP contribution is 2.35. The van der Waals surface area contributed by atoms with Gasteiger partial charge in [0.05, 0.1) is 16.2 Å². The molecule has 7 heteroatoms. The number of para-hydroxylation sites is 1. The van der Waals surface area contributed by atoms with E-state index in [0.717, 1.165) is 57.5 Å². The number of rotatable bonds is 4. The van der Waals surface area contributed by atoms with Crippen molar-refractivity contribution in [1.82, 2.24) is 9.97 Å². The molecule has 1 aliphatic heterocycles. The number of hydrogen-bond acceptors (Lipinski definition) is 5. The third-order valence-corrected chi connectivity index (χ3v) is 6.78. The van der Waals surface area contributed by atoms with E-state index in [9.17, 15) is 0 Å². The van der Waals surface area contributed by atoms with E-state index in [-0.39, 0.29) is 5.28 Å². The lowest BCUT2D eigenvalue weighted by molar-refractivity contribution is 0.412. The van der Waals surface area contributed by atoms with Crippen LogP contribution in [0.3, 0.4) is 0 Å². The van der Waals surface area contributed by atoms with Crippen LogP contribution < -0.4 is 15.0 Å². The van der Waals surface area contributed by atoms with E-state index < -0.39 is 0 Å². The summed E-state index contributed by atoms with van der Waals surface area (Å²) in [6.07, 6.45) is 2.08. The number of fused-ring (bicyclic) bond motifs is 1. The van der Waals surface area contributed by atoms with Gasteiger partial charge in [-0.1, -0.05) is 18.2 Å². The van der Waals surface area contributed by atoms with Crippen LogP contribution in [0.4, 0.5) is 11.5 Å². The van der Waals surface area contributed by atoms with Gasteiger partial charge in [-0.05, 0) is 77.7 Å². The van der Waals surface area contributed by atoms with Crippen molar-refractivity contribution in [1.29, 1.82) is 0 Å². The molecule has 0 atom stereocenters. The molecule has 1 fully saturated rings. The predicted octanol–water partition coefficient (Wildman–Crippen LogP) is 5.29. The molecule has 0 saturated carbocycles. The average molecular weight is 509 g/mol. The predicted molar refractivity (Wildman–Crippen MR) is 124 cm³/mol. The van der Waals surface area contributed by atoms with E-state index in [0.29, 0.717) is 6.04 Å². The second kappa shape index (κ2) is 8.29. The Kier molecular flexibility index (Phi) is 5.78. The molecule has 0 bridgehead atoms. The number of aryl methyl sites for hydroxylation is 1. The van der Waals surface area contributed by atoms with Gasteiger partial charge >= 0.3 is 0 Å². The first-order valence-corrected chi connectivity index (χ1v) is 10.8. The molecular weight excluding hydrogens is 487 g/mol. The number of nitrogens with zero attached hydrogens (tertiary/aromatic N) is 3. The first-order chi connectivity index (χ1) is 13.6. The van der Waals surface area contributed by atoms with Crippen LogP contribution in [0.25, 0.3) is 10.9 Å². The smallest absolute Gasteiger partial charge is 0.224 e. The molecule has 0 amide bonds. The number of aromatic nitrogens is 2. The largest absolute Gasteiger partial charge is 0.496 e. The van der Waals surface area contributed by atoms with Crippen LogP contribution >= 0.6 is 34.2 Å². The van der Waals surface area contributed by atoms with Crippen LogP contribution in [-0.4, -0.2) is 36.2 Å². The molecule has 1 aliphatic rings. The Balaban J connectivity index is 1.58. The van der Waals surface area contributed by atoms with Gasteiger partial charge in [-0.3, -0.25) is 0 Å². The molecule has 0 unspecified atom stereocenters. The summed E-state index contributed by atoms with van der Waals surface area (Å²) in [6.45, 7) is 4.06. The fourth-order valence-corrected chi connectivity index (χ4v) is 4.52. The molecule has 1 saturated heterocycles. The van der Waals surface area contributed by atoms with Crippen molar-refractivity contribution in [3.63, 3.8) is 0 Å². The minimum Gasteiger partial charge on any atom is -0.496 e. The number of ether oxygens (including phenoxy) is 1. The molecule has 0 aliphatic carbocycles. The van der Waals surface area contributed by atoms with Crippen LogP contribution in [0.15, 0.2) is 36.4 Å². The van der Waals surface area contributed by atoms with E-state index >= 15 is 0 Å². The van der Waals surface area contributed by atoms with Crippen molar-refractivity contribution in [2.45, 2.75) is 25.8 Å². The molecule has 2 aromatic carbocycles. The second-order valence-corrected chi connectivity index (χ2v) is 8.41. The lowest BCUT2D eigenvalue weighted by Crippen LogP contribution is -2.39. The van der Waals surface area contributed by atoms with Crippen molar-refractivity contribution < 1.29 is 4.74 Å². The molecule has 1 N–H and O–H groups in total. The summed E-state index contributed by atoms with van der Waals surface area (Å²) in [4.78, 5) is 11.4. The highest BCUT2D eigenvalue weighted by molar-refractivity contribution is 14.1. The SMILES string of the molecule is COc1cc2c(NC3CCN(c4ccccc4)CC3)nc(Cl)nc2c(C)c1I. The molecule has 0 radical (unpaired) electrons. The second-order valence-electron chi connectivity index (χ2n) is 7.00. The van der Waals surface area contributed by atoms with Crippen LogP contribution in [-0.2, 0) is 0 Å². The van der Waals surface area contributed by atoms with E-state index in [1.807, 2.05) is 13.0 Å². The third-order valence-electron chi connectivity index (χ3n) is 5.27. The van der Waals surface area contributed by atoms with Gasteiger partial charge in [0.15, 0.2) is 0 Å². The van der Waals surface area contributed by atoms with Gasteiger partial charge in [0.25, 0.3) is 0 Å². The number of hydrogen-bond donors (Lipinski definition) is 1. The Hall–Kier alpha value is -1.80. The van der Waals surface area contributed by atoms with Crippen molar-refractivity contribution in [2.75, 3.05) is 30.4 Å². The zero-order valence-corrected chi connectivity index (χ0v) is 18.8. The van der Waals surface area contributed by atoms with Gasteiger partial charge in [-0.2, -0.15) is 0 Å². The molecule has 28 heavy (non-hydrogen) atoms. The number of halogens is 2. The Morgan fingerprint density at radius 2 is 1.89 bits per heavy atom. The number of methoxy groups -OCH3 is 1. The van der Waals surface area contributed by atoms with Crippen molar-refractivity contribution in [2.24, 2.45) is 0 Å². The molecule has 0 spiro atoms. The average Bonchev–Trinajstić information content (AvgIpc) is 2.72. The molecule has 3 aromatic rings. The van der Waals surface area contributed by atoms with Crippen molar-refractivity contribution in [3.05, 3.63) is 50.8 Å². The van der Waals surface area contributed by atoms with E-state index in [1.165, 1.54) is 5.69 Å². The lowest BCUT2D eigenvalue weighted by atomic mass is 10.0. The number of benzene rings is 2. The summed E-state index contributed by atoms with van der Waals surface area (Å²) in [6, 6.07) is 12.9.